The smallest absolute Gasteiger partial charge is 0.410 e. The zero-order valence-electron chi connectivity index (χ0n) is 15.4. The van der Waals surface area contributed by atoms with Gasteiger partial charge in [0, 0.05) is 33.0 Å². The molecule has 3 N–H and O–H groups in total. The molecule has 2 amide bonds. The maximum absolute atomic E-state index is 12.4. The molecule has 0 spiro atoms. The van der Waals surface area contributed by atoms with Crippen LogP contribution in [0.3, 0.4) is 0 Å². The Morgan fingerprint density at radius 1 is 1.42 bits per heavy atom. The number of nitrogens with one attached hydrogen (secondary N) is 1. The molecule has 0 aromatic heterocycles. The Morgan fingerprint density at radius 2 is 2.12 bits per heavy atom. The van der Waals surface area contributed by atoms with Crippen LogP contribution in [0.1, 0.15) is 40.0 Å². The Bertz CT molecular complexity index is 535. The molecule has 0 bridgehead atoms. The number of hydrogen-bond donors (Lipinski definition) is 3. The molecule has 0 radical (unpaired) electrons. The van der Waals surface area contributed by atoms with Gasteiger partial charge in [0.15, 0.2) is 6.10 Å². The van der Waals surface area contributed by atoms with Crippen LogP contribution in [0.25, 0.3) is 0 Å². The minimum atomic E-state index is -1.24. The van der Waals surface area contributed by atoms with Crippen molar-refractivity contribution in [3.8, 4) is 0 Å². The van der Waals surface area contributed by atoms with Crippen LogP contribution < -0.4 is 5.32 Å². The maximum atomic E-state index is 12.4. The van der Waals surface area contributed by atoms with Crippen LogP contribution in [0.5, 0.6) is 0 Å². The van der Waals surface area contributed by atoms with Crippen LogP contribution in [0, 0.1) is 0 Å². The number of carboxylic acid groups (broad SMARTS) is 1. The number of rotatable bonds is 9. The highest BCUT2D eigenvalue weighted by molar-refractivity contribution is 5.84. The van der Waals surface area contributed by atoms with Crippen LogP contribution in [0.15, 0.2) is 11.8 Å². The van der Waals surface area contributed by atoms with Crippen LogP contribution in [0.2, 0.25) is 0 Å². The molecule has 148 valence electrons. The Labute approximate surface area is 152 Å². The normalized spacial score (nSPS) is 20.4. The Balaban J connectivity index is 3.00. The quantitative estimate of drug-likeness (QED) is 0.548. The number of carbonyl (C=O) groups is 3. The lowest BCUT2D eigenvalue weighted by molar-refractivity contribution is -0.141. The van der Waals surface area contributed by atoms with E-state index in [4.69, 9.17) is 14.6 Å². The monoisotopic (exact) mass is 372 g/mol. The van der Waals surface area contributed by atoms with Gasteiger partial charge in [-0.05, 0) is 25.8 Å². The number of carboxylic acids is 1. The third-order valence-electron chi connectivity index (χ3n) is 3.98. The molecule has 9 nitrogen and oxygen atoms in total. The van der Waals surface area contributed by atoms with Crippen LogP contribution >= 0.6 is 0 Å². The molecular formula is C17H28N2O7. The van der Waals surface area contributed by atoms with E-state index in [1.807, 2.05) is 13.8 Å². The average molecular weight is 372 g/mol. The average Bonchev–Trinajstić information content (AvgIpc) is 2.58. The first-order chi connectivity index (χ1) is 12.3. The molecule has 3 atom stereocenters. The van der Waals surface area contributed by atoms with E-state index in [-0.39, 0.29) is 31.1 Å². The lowest BCUT2D eigenvalue weighted by Crippen LogP contribution is -2.53. The number of ether oxygens (including phenoxy) is 2. The van der Waals surface area contributed by atoms with Crippen molar-refractivity contribution in [3.05, 3.63) is 11.8 Å². The molecule has 0 aliphatic carbocycles. The molecule has 9 heteroatoms. The van der Waals surface area contributed by atoms with Gasteiger partial charge in [0.05, 0.1) is 6.04 Å². The van der Waals surface area contributed by atoms with Crippen molar-refractivity contribution in [2.24, 2.45) is 0 Å². The summed E-state index contributed by atoms with van der Waals surface area (Å²) < 4.78 is 11.0. The van der Waals surface area contributed by atoms with E-state index in [0.717, 1.165) is 6.42 Å². The molecule has 0 fully saturated rings. The van der Waals surface area contributed by atoms with Gasteiger partial charge in [-0.1, -0.05) is 6.92 Å². The zero-order valence-corrected chi connectivity index (χ0v) is 15.4. The van der Waals surface area contributed by atoms with Crippen molar-refractivity contribution in [1.82, 2.24) is 10.2 Å². The van der Waals surface area contributed by atoms with Gasteiger partial charge in [-0.2, -0.15) is 0 Å². The summed E-state index contributed by atoms with van der Waals surface area (Å²) in [4.78, 5) is 36.6. The SMILES string of the molecule is CCCN(CC)C(=O)O[C@H](CCO)[C@@H]1OC(C(=O)O)=CCC1NC(C)=O. The summed E-state index contributed by atoms with van der Waals surface area (Å²) in [6, 6.07) is -0.568. The Kier molecular flexibility index (Phi) is 8.91. The van der Waals surface area contributed by atoms with Gasteiger partial charge in [0.25, 0.3) is 0 Å². The van der Waals surface area contributed by atoms with Crippen LogP contribution in [0.4, 0.5) is 4.79 Å². The molecular weight excluding hydrogens is 344 g/mol. The lowest BCUT2D eigenvalue weighted by atomic mass is 9.97. The molecule has 1 aliphatic heterocycles. The number of amides is 2. The highest BCUT2D eigenvalue weighted by atomic mass is 16.6. The summed E-state index contributed by atoms with van der Waals surface area (Å²) >= 11 is 0. The minimum Gasteiger partial charge on any atom is -0.477 e. The molecule has 0 aromatic rings. The highest BCUT2D eigenvalue weighted by Gasteiger charge is 2.39. The van der Waals surface area contributed by atoms with Gasteiger partial charge >= 0.3 is 12.1 Å². The third kappa shape index (κ3) is 6.21. The number of aliphatic hydroxyl groups excluding tert-OH is 1. The highest BCUT2D eigenvalue weighted by Crippen LogP contribution is 2.24. The van der Waals surface area contributed by atoms with Gasteiger partial charge in [-0.3, -0.25) is 4.79 Å². The second-order valence-corrected chi connectivity index (χ2v) is 6.01. The predicted molar refractivity (Wildman–Crippen MR) is 92.3 cm³/mol. The van der Waals surface area contributed by atoms with Gasteiger partial charge in [-0.15, -0.1) is 0 Å². The van der Waals surface area contributed by atoms with Crippen molar-refractivity contribution in [1.29, 1.82) is 0 Å². The largest absolute Gasteiger partial charge is 0.477 e. The van der Waals surface area contributed by atoms with Crippen molar-refractivity contribution >= 4 is 18.0 Å². The molecule has 1 aliphatic rings. The van der Waals surface area contributed by atoms with E-state index < -0.39 is 30.3 Å². The molecule has 0 saturated carbocycles. The van der Waals surface area contributed by atoms with E-state index in [1.54, 1.807) is 0 Å². The summed E-state index contributed by atoms with van der Waals surface area (Å²) in [7, 11) is 0. The molecule has 1 heterocycles. The first kappa shape index (κ1) is 21.8. The summed E-state index contributed by atoms with van der Waals surface area (Å²) in [5.74, 6) is -1.82. The van der Waals surface area contributed by atoms with Gasteiger partial charge in [-0.25, -0.2) is 9.59 Å². The van der Waals surface area contributed by atoms with Gasteiger partial charge in [0.1, 0.15) is 6.10 Å². The number of aliphatic hydroxyl groups is 1. The summed E-state index contributed by atoms with van der Waals surface area (Å²) in [5, 5.41) is 21.2. The Morgan fingerprint density at radius 3 is 2.62 bits per heavy atom. The molecule has 26 heavy (non-hydrogen) atoms. The second kappa shape index (κ2) is 10.6. The minimum absolute atomic E-state index is 0.0586. The number of hydrogen-bond acceptors (Lipinski definition) is 6. The fourth-order valence-electron chi connectivity index (χ4n) is 2.79. The first-order valence-corrected chi connectivity index (χ1v) is 8.77. The molecule has 0 aromatic carbocycles. The van der Waals surface area contributed by atoms with Crippen molar-refractivity contribution in [2.75, 3.05) is 19.7 Å². The summed E-state index contributed by atoms with van der Waals surface area (Å²) in [6.07, 6.45) is 0.0239. The van der Waals surface area contributed by atoms with E-state index in [9.17, 15) is 19.5 Å². The predicted octanol–water partition coefficient (Wildman–Crippen LogP) is 0.868. The third-order valence-corrected chi connectivity index (χ3v) is 3.98. The summed E-state index contributed by atoms with van der Waals surface area (Å²) in [6.45, 7) is 5.78. The van der Waals surface area contributed by atoms with Gasteiger partial charge in [0.2, 0.25) is 11.7 Å². The summed E-state index contributed by atoms with van der Waals surface area (Å²) in [5.41, 5.74) is 0. The van der Waals surface area contributed by atoms with Gasteiger partial charge < -0.3 is 29.9 Å². The molecule has 1 rings (SSSR count). The van der Waals surface area contributed by atoms with Crippen LogP contribution in [-0.4, -0.2) is 71.0 Å². The fourth-order valence-corrected chi connectivity index (χ4v) is 2.79. The zero-order chi connectivity index (χ0) is 19.7. The second-order valence-electron chi connectivity index (χ2n) is 6.01. The van der Waals surface area contributed by atoms with E-state index in [0.29, 0.717) is 13.1 Å². The Hall–Kier alpha value is -2.29. The van der Waals surface area contributed by atoms with Crippen molar-refractivity contribution in [3.63, 3.8) is 0 Å². The lowest BCUT2D eigenvalue weighted by Gasteiger charge is -2.36. The molecule has 1 unspecified atom stereocenters. The number of carbonyl (C=O) groups excluding carboxylic acids is 2. The van der Waals surface area contributed by atoms with E-state index in [2.05, 4.69) is 5.32 Å². The van der Waals surface area contributed by atoms with E-state index in [1.165, 1.54) is 17.9 Å². The standard InChI is InChI=1S/C17H28N2O7/c1-4-9-19(5-2)17(24)26-13(8-10-20)15-12(18-11(3)21)6-7-14(25-15)16(22)23/h7,12-13,15,20H,4-6,8-10H2,1-3H3,(H,18,21)(H,22,23)/t12?,13-,15-/m1/s1. The number of aliphatic carboxylic acids is 1. The molecule has 0 saturated heterocycles. The number of nitrogens with zero attached hydrogens (tertiary/aromatic N) is 1. The van der Waals surface area contributed by atoms with Crippen LogP contribution in [-0.2, 0) is 19.1 Å². The maximum Gasteiger partial charge on any atom is 0.410 e. The fraction of sp³-hybridized carbons (Fsp3) is 0.706. The van der Waals surface area contributed by atoms with Crippen molar-refractivity contribution < 1.29 is 34.1 Å². The topological polar surface area (TPSA) is 125 Å². The van der Waals surface area contributed by atoms with Crippen molar-refractivity contribution in [2.45, 2.75) is 58.3 Å². The first-order valence-electron chi connectivity index (χ1n) is 8.77. The van der Waals surface area contributed by atoms with E-state index >= 15 is 0 Å².